The molecule has 2 heterocycles. The largest absolute Gasteiger partial charge is 0.458 e. The van der Waals surface area contributed by atoms with Gasteiger partial charge in [-0.1, -0.05) is 0 Å². The number of hydrogen-bond acceptors (Lipinski definition) is 4. The molecular weight excluding hydrogens is 304 g/mol. The van der Waals surface area contributed by atoms with E-state index in [1.165, 1.54) is 4.90 Å². The third kappa shape index (κ3) is 3.61. The molecule has 3 rings (SSSR count). The summed E-state index contributed by atoms with van der Waals surface area (Å²) in [6.45, 7) is 0.819. The summed E-state index contributed by atoms with van der Waals surface area (Å²) in [7, 11) is 0. The van der Waals surface area contributed by atoms with E-state index in [2.05, 4.69) is 9.97 Å². The topological polar surface area (TPSA) is 55.3 Å². The fourth-order valence-electron chi connectivity index (χ4n) is 2.55. The Balaban J connectivity index is 1.69. The number of benzene rings is 1. The standard InChI is InChI=1S/C16H15F2N3O2/c17-11-4-5-13(14(18)9-11)15(22)21-8-1-3-12(10-21)23-16-19-6-2-7-20-16/h2,4-7,9,12H,1,3,8,10H2. The first-order valence-electron chi connectivity index (χ1n) is 7.31. The minimum Gasteiger partial charge on any atom is -0.458 e. The quantitative estimate of drug-likeness (QED) is 0.872. The fourth-order valence-corrected chi connectivity index (χ4v) is 2.55. The summed E-state index contributed by atoms with van der Waals surface area (Å²) in [4.78, 5) is 21.9. The molecule has 0 saturated carbocycles. The van der Waals surface area contributed by atoms with Crippen molar-refractivity contribution in [3.05, 3.63) is 53.9 Å². The van der Waals surface area contributed by atoms with Crippen molar-refractivity contribution >= 4 is 5.91 Å². The minimum atomic E-state index is -0.857. The van der Waals surface area contributed by atoms with Crippen LogP contribution in [0.5, 0.6) is 6.01 Å². The van der Waals surface area contributed by atoms with Gasteiger partial charge in [-0.25, -0.2) is 18.7 Å². The van der Waals surface area contributed by atoms with Crippen LogP contribution < -0.4 is 4.74 Å². The molecule has 0 N–H and O–H groups in total. The van der Waals surface area contributed by atoms with E-state index in [1.54, 1.807) is 18.5 Å². The molecule has 5 nitrogen and oxygen atoms in total. The highest BCUT2D eigenvalue weighted by atomic mass is 19.1. The first-order chi connectivity index (χ1) is 11.1. The monoisotopic (exact) mass is 319 g/mol. The summed E-state index contributed by atoms with van der Waals surface area (Å²) < 4.78 is 32.4. The average Bonchev–Trinajstić information content (AvgIpc) is 2.55. The Morgan fingerprint density at radius 3 is 2.78 bits per heavy atom. The van der Waals surface area contributed by atoms with Crippen LogP contribution in [0.3, 0.4) is 0 Å². The van der Waals surface area contributed by atoms with Crippen LogP contribution in [0.15, 0.2) is 36.7 Å². The first-order valence-corrected chi connectivity index (χ1v) is 7.31. The van der Waals surface area contributed by atoms with Gasteiger partial charge in [-0.15, -0.1) is 0 Å². The molecule has 7 heteroatoms. The highest BCUT2D eigenvalue weighted by molar-refractivity contribution is 5.94. The molecule has 2 aromatic rings. The summed E-state index contributed by atoms with van der Waals surface area (Å²) in [5.74, 6) is -2.03. The van der Waals surface area contributed by atoms with E-state index < -0.39 is 17.5 Å². The van der Waals surface area contributed by atoms with Gasteiger partial charge in [-0.05, 0) is 31.0 Å². The van der Waals surface area contributed by atoms with Gasteiger partial charge >= 0.3 is 6.01 Å². The van der Waals surface area contributed by atoms with Gasteiger partial charge in [0.15, 0.2) is 0 Å². The Kier molecular flexibility index (Phi) is 4.45. The second kappa shape index (κ2) is 6.68. The van der Waals surface area contributed by atoms with Crippen LogP contribution in [0.4, 0.5) is 8.78 Å². The average molecular weight is 319 g/mol. The number of amides is 1. The molecule has 1 atom stereocenters. The molecule has 0 bridgehead atoms. The van der Waals surface area contributed by atoms with Gasteiger partial charge in [0, 0.05) is 25.0 Å². The van der Waals surface area contributed by atoms with Crippen molar-refractivity contribution in [2.24, 2.45) is 0 Å². The molecule has 1 amide bonds. The second-order valence-electron chi connectivity index (χ2n) is 5.29. The van der Waals surface area contributed by atoms with Crippen molar-refractivity contribution in [3.63, 3.8) is 0 Å². The van der Waals surface area contributed by atoms with Gasteiger partial charge in [-0.2, -0.15) is 0 Å². The van der Waals surface area contributed by atoms with E-state index in [-0.39, 0.29) is 17.7 Å². The lowest BCUT2D eigenvalue weighted by molar-refractivity contribution is 0.0511. The number of ether oxygens (including phenoxy) is 1. The number of nitrogens with zero attached hydrogens (tertiary/aromatic N) is 3. The third-order valence-electron chi connectivity index (χ3n) is 3.64. The zero-order valence-electron chi connectivity index (χ0n) is 12.3. The predicted molar refractivity (Wildman–Crippen MR) is 77.9 cm³/mol. The molecule has 23 heavy (non-hydrogen) atoms. The fraction of sp³-hybridized carbons (Fsp3) is 0.312. The normalized spacial score (nSPS) is 17.8. The summed E-state index contributed by atoms with van der Waals surface area (Å²) >= 11 is 0. The maximum atomic E-state index is 13.8. The summed E-state index contributed by atoms with van der Waals surface area (Å²) in [6.07, 6.45) is 4.38. The number of piperidine rings is 1. The van der Waals surface area contributed by atoms with Gasteiger partial charge < -0.3 is 9.64 Å². The van der Waals surface area contributed by atoms with E-state index in [1.807, 2.05) is 0 Å². The van der Waals surface area contributed by atoms with Crippen molar-refractivity contribution < 1.29 is 18.3 Å². The highest BCUT2D eigenvalue weighted by Gasteiger charge is 2.27. The van der Waals surface area contributed by atoms with E-state index in [0.29, 0.717) is 19.2 Å². The highest BCUT2D eigenvalue weighted by Crippen LogP contribution is 2.19. The summed E-state index contributed by atoms with van der Waals surface area (Å²) in [5.41, 5.74) is -0.136. The smallest absolute Gasteiger partial charge is 0.316 e. The first kappa shape index (κ1) is 15.3. The predicted octanol–water partition coefficient (Wildman–Crippen LogP) is 2.44. The molecule has 1 unspecified atom stereocenters. The number of rotatable bonds is 3. The van der Waals surface area contributed by atoms with Gasteiger partial charge in [0.1, 0.15) is 17.7 Å². The number of halogens is 2. The van der Waals surface area contributed by atoms with Crippen LogP contribution in [-0.4, -0.2) is 40.0 Å². The lowest BCUT2D eigenvalue weighted by Gasteiger charge is -2.32. The molecule has 120 valence electrons. The van der Waals surface area contributed by atoms with Crippen LogP contribution in [0.1, 0.15) is 23.2 Å². The SMILES string of the molecule is O=C(c1ccc(F)cc1F)N1CCCC(Oc2ncccn2)C1. The lowest BCUT2D eigenvalue weighted by Crippen LogP contribution is -2.44. The van der Waals surface area contributed by atoms with Gasteiger partial charge in [0.05, 0.1) is 12.1 Å². The molecule has 1 saturated heterocycles. The summed E-state index contributed by atoms with van der Waals surface area (Å²) in [6, 6.07) is 4.88. The maximum Gasteiger partial charge on any atom is 0.316 e. The Labute approximate surface area is 131 Å². The van der Waals surface area contributed by atoms with Crippen LogP contribution in [0, 0.1) is 11.6 Å². The van der Waals surface area contributed by atoms with Gasteiger partial charge in [-0.3, -0.25) is 4.79 Å². The molecule has 0 radical (unpaired) electrons. The van der Waals surface area contributed by atoms with Crippen molar-refractivity contribution in [2.75, 3.05) is 13.1 Å². The molecular formula is C16H15F2N3O2. The zero-order valence-corrected chi connectivity index (χ0v) is 12.3. The number of aromatic nitrogens is 2. The lowest BCUT2D eigenvalue weighted by atomic mass is 10.1. The Morgan fingerprint density at radius 1 is 1.26 bits per heavy atom. The minimum absolute atomic E-state index is 0.136. The maximum absolute atomic E-state index is 13.8. The molecule has 1 aromatic heterocycles. The van der Waals surface area contributed by atoms with Crippen molar-refractivity contribution in [1.82, 2.24) is 14.9 Å². The molecule has 1 aromatic carbocycles. The van der Waals surface area contributed by atoms with E-state index in [4.69, 9.17) is 4.74 Å². The van der Waals surface area contributed by atoms with Crippen LogP contribution >= 0.6 is 0 Å². The van der Waals surface area contributed by atoms with E-state index >= 15 is 0 Å². The van der Waals surface area contributed by atoms with E-state index in [0.717, 1.165) is 25.0 Å². The van der Waals surface area contributed by atoms with Crippen molar-refractivity contribution in [1.29, 1.82) is 0 Å². The molecule has 0 aliphatic carbocycles. The van der Waals surface area contributed by atoms with Crippen LogP contribution in [0.2, 0.25) is 0 Å². The van der Waals surface area contributed by atoms with Gasteiger partial charge in [0.2, 0.25) is 0 Å². The van der Waals surface area contributed by atoms with Gasteiger partial charge in [0.25, 0.3) is 5.91 Å². The molecule has 1 aliphatic rings. The zero-order chi connectivity index (χ0) is 16.2. The van der Waals surface area contributed by atoms with E-state index in [9.17, 15) is 13.6 Å². The molecule has 1 aliphatic heterocycles. The van der Waals surface area contributed by atoms with Crippen LogP contribution in [0.25, 0.3) is 0 Å². The number of carbonyl (C=O) groups is 1. The Morgan fingerprint density at radius 2 is 2.04 bits per heavy atom. The number of hydrogen-bond donors (Lipinski definition) is 0. The Hall–Kier alpha value is -2.57. The second-order valence-corrected chi connectivity index (χ2v) is 5.29. The van der Waals surface area contributed by atoms with Crippen molar-refractivity contribution in [3.8, 4) is 6.01 Å². The third-order valence-corrected chi connectivity index (χ3v) is 3.64. The molecule has 1 fully saturated rings. The number of carbonyl (C=O) groups excluding carboxylic acids is 1. The van der Waals surface area contributed by atoms with Crippen molar-refractivity contribution in [2.45, 2.75) is 18.9 Å². The number of likely N-dealkylation sites (tertiary alicyclic amines) is 1. The Bertz CT molecular complexity index is 697. The summed E-state index contributed by atoms with van der Waals surface area (Å²) in [5, 5.41) is 0. The van der Waals surface area contributed by atoms with Crippen LogP contribution in [-0.2, 0) is 0 Å². The molecule has 0 spiro atoms.